The van der Waals surface area contributed by atoms with Crippen molar-refractivity contribution in [2.24, 2.45) is 5.92 Å². The number of aromatic nitrogens is 2. The lowest BCUT2D eigenvalue weighted by Crippen LogP contribution is -2.22. The lowest BCUT2D eigenvalue weighted by molar-refractivity contribution is 0.319. The van der Waals surface area contributed by atoms with Crippen molar-refractivity contribution in [2.75, 3.05) is 25.0 Å². The third kappa shape index (κ3) is 3.39. The molecule has 0 bridgehead atoms. The largest absolute Gasteiger partial charge is 0.369 e. The fourth-order valence-corrected chi connectivity index (χ4v) is 3.45. The highest BCUT2D eigenvalue weighted by Crippen LogP contribution is 2.22. The van der Waals surface area contributed by atoms with Crippen molar-refractivity contribution in [3.63, 3.8) is 0 Å². The molecule has 122 valence electrons. The molecule has 2 heterocycles. The molecular formula is C20H22N4. The molecule has 1 N–H and O–H groups in total. The lowest BCUT2D eigenvalue weighted by atomic mass is 10.1. The average molecular weight is 318 g/mol. The van der Waals surface area contributed by atoms with Crippen LogP contribution in [0, 0.1) is 5.92 Å². The number of nitrogens with one attached hydrogen (secondary N) is 1. The number of para-hydroxylation sites is 1. The van der Waals surface area contributed by atoms with Crippen molar-refractivity contribution in [2.45, 2.75) is 13.0 Å². The minimum Gasteiger partial charge on any atom is -0.369 e. The number of anilines is 1. The van der Waals surface area contributed by atoms with Gasteiger partial charge in [0.15, 0.2) is 0 Å². The van der Waals surface area contributed by atoms with Crippen LogP contribution in [0.25, 0.3) is 10.9 Å². The Hall–Kier alpha value is -2.46. The third-order valence-electron chi connectivity index (χ3n) is 4.72. The van der Waals surface area contributed by atoms with Gasteiger partial charge in [-0.05, 0) is 36.6 Å². The number of likely N-dealkylation sites (tertiary alicyclic amines) is 1. The van der Waals surface area contributed by atoms with E-state index in [4.69, 9.17) is 0 Å². The topological polar surface area (TPSA) is 41.0 Å². The molecule has 1 fully saturated rings. The molecule has 1 aliphatic rings. The molecule has 0 unspecified atom stereocenters. The normalized spacial score (nSPS) is 18.1. The number of nitrogens with zero attached hydrogens (tertiary/aromatic N) is 3. The highest BCUT2D eigenvalue weighted by Gasteiger charge is 2.22. The van der Waals surface area contributed by atoms with E-state index in [-0.39, 0.29) is 0 Å². The molecule has 0 aliphatic carbocycles. The molecule has 4 rings (SSSR count). The van der Waals surface area contributed by atoms with Gasteiger partial charge in [0.25, 0.3) is 0 Å². The van der Waals surface area contributed by atoms with E-state index in [1.807, 2.05) is 18.2 Å². The predicted octanol–water partition coefficient (Wildman–Crippen LogP) is 3.56. The Morgan fingerprint density at radius 2 is 1.83 bits per heavy atom. The van der Waals surface area contributed by atoms with E-state index in [1.54, 1.807) is 6.33 Å². The summed E-state index contributed by atoms with van der Waals surface area (Å²) in [4.78, 5) is 11.3. The molecule has 3 aromatic rings. The SMILES string of the molecule is c1ccc(CN2CC[C@H](CNc3ncnc4ccccc34)C2)cc1. The van der Waals surface area contributed by atoms with Crippen LogP contribution in [0.15, 0.2) is 60.9 Å². The van der Waals surface area contributed by atoms with Gasteiger partial charge < -0.3 is 5.32 Å². The molecular weight excluding hydrogens is 296 g/mol. The van der Waals surface area contributed by atoms with Crippen molar-refractivity contribution in [3.8, 4) is 0 Å². The van der Waals surface area contributed by atoms with Crippen LogP contribution in [0.5, 0.6) is 0 Å². The average Bonchev–Trinajstić information content (AvgIpc) is 3.08. The fourth-order valence-electron chi connectivity index (χ4n) is 3.45. The number of fused-ring (bicyclic) bond motifs is 1. The van der Waals surface area contributed by atoms with Crippen molar-refractivity contribution < 1.29 is 0 Å². The highest BCUT2D eigenvalue weighted by atomic mass is 15.2. The number of hydrogen-bond donors (Lipinski definition) is 1. The summed E-state index contributed by atoms with van der Waals surface area (Å²) in [6, 6.07) is 18.9. The minimum absolute atomic E-state index is 0.669. The Kier molecular flexibility index (Phi) is 4.38. The minimum atomic E-state index is 0.669. The quantitative estimate of drug-likeness (QED) is 0.781. The van der Waals surface area contributed by atoms with Gasteiger partial charge in [-0.2, -0.15) is 0 Å². The first kappa shape index (κ1) is 15.1. The van der Waals surface area contributed by atoms with Gasteiger partial charge in [0.2, 0.25) is 0 Å². The maximum atomic E-state index is 4.42. The van der Waals surface area contributed by atoms with Gasteiger partial charge in [-0.25, -0.2) is 9.97 Å². The highest BCUT2D eigenvalue weighted by molar-refractivity contribution is 5.88. The summed E-state index contributed by atoms with van der Waals surface area (Å²) in [5.74, 6) is 1.62. The summed E-state index contributed by atoms with van der Waals surface area (Å²) in [5, 5.41) is 4.63. The van der Waals surface area contributed by atoms with Crippen molar-refractivity contribution >= 4 is 16.7 Å². The predicted molar refractivity (Wildman–Crippen MR) is 97.9 cm³/mol. The molecule has 1 aliphatic heterocycles. The van der Waals surface area contributed by atoms with Gasteiger partial charge in [0, 0.05) is 25.0 Å². The van der Waals surface area contributed by atoms with Gasteiger partial charge in [-0.1, -0.05) is 42.5 Å². The van der Waals surface area contributed by atoms with Crippen molar-refractivity contribution in [1.29, 1.82) is 0 Å². The second kappa shape index (κ2) is 6.97. The Morgan fingerprint density at radius 3 is 2.75 bits per heavy atom. The van der Waals surface area contributed by atoms with Crippen LogP contribution in [0.2, 0.25) is 0 Å². The zero-order valence-corrected chi connectivity index (χ0v) is 13.7. The van der Waals surface area contributed by atoms with E-state index < -0.39 is 0 Å². The number of benzene rings is 2. The van der Waals surface area contributed by atoms with Gasteiger partial charge in [-0.15, -0.1) is 0 Å². The Labute approximate surface area is 142 Å². The van der Waals surface area contributed by atoms with Crippen LogP contribution in [-0.4, -0.2) is 34.5 Å². The molecule has 0 saturated carbocycles. The molecule has 1 atom stereocenters. The van der Waals surface area contributed by atoms with E-state index in [9.17, 15) is 0 Å². The van der Waals surface area contributed by atoms with E-state index in [2.05, 4.69) is 56.6 Å². The first-order chi connectivity index (χ1) is 11.9. The van der Waals surface area contributed by atoms with Crippen LogP contribution in [0.3, 0.4) is 0 Å². The van der Waals surface area contributed by atoms with Crippen LogP contribution in [0.1, 0.15) is 12.0 Å². The summed E-state index contributed by atoms with van der Waals surface area (Å²) in [6.07, 6.45) is 2.88. The van der Waals surface area contributed by atoms with Crippen LogP contribution in [-0.2, 0) is 6.54 Å². The smallest absolute Gasteiger partial charge is 0.137 e. The van der Waals surface area contributed by atoms with Crippen LogP contribution < -0.4 is 5.32 Å². The molecule has 4 nitrogen and oxygen atoms in total. The monoisotopic (exact) mass is 318 g/mol. The van der Waals surface area contributed by atoms with Crippen molar-refractivity contribution in [3.05, 3.63) is 66.5 Å². The van der Waals surface area contributed by atoms with E-state index in [0.29, 0.717) is 5.92 Å². The molecule has 1 saturated heterocycles. The first-order valence-corrected chi connectivity index (χ1v) is 8.58. The third-order valence-corrected chi connectivity index (χ3v) is 4.72. The molecule has 1 aromatic heterocycles. The summed E-state index contributed by atoms with van der Waals surface area (Å²) in [6.45, 7) is 4.33. The Bertz CT molecular complexity index is 798. The Balaban J connectivity index is 1.35. The first-order valence-electron chi connectivity index (χ1n) is 8.58. The second-order valence-electron chi connectivity index (χ2n) is 6.50. The van der Waals surface area contributed by atoms with E-state index in [0.717, 1.165) is 36.4 Å². The summed E-state index contributed by atoms with van der Waals surface area (Å²) in [7, 11) is 0. The van der Waals surface area contributed by atoms with E-state index in [1.165, 1.54) is 18.5 Å². The zero-order chi connectivity index (χ0) is 16.2. The molecule has 0 amide bonds. The maximum absolute atomic E-state index is 4.42. The summed E-state index contributed by atoms with van der Waals surface area (Å²) in [5.41, 5.74) is 2.39. The maximum Gasteiger partial charge on any atom is 0.137 e. The summed E-state index contributed by atoms with van der Waals surface area (Å²) >= 11 is 0. The summed E-state index contributed by atoms with van der Waals surface area (Å²) < 4.78 is 0. The second-order valence-corrected chi connectivity index (χ2v) is 6.50. The number of hydrogen-bond acceptors (Lipinski definition) is 4. The van der Waals surface area contributed by atoms with Gasteiger partial charge in [0.1, 0.15) is 12.1 Å². The van der Waals surface area contributed by atoms with Crippen LogP contribution in [0.4, 0.5) is 5.82 Å². The standard InChI is InChI=1S/C20H22N4/c1-2-6-16(7-3-1)13-24-11-10-17(14-24)12-21-20-18-8-4-5-9-19(18)22-15-23-20/h1-9,15,17H,10-14H2,(H,21,22,23)/t17-/m1/s1. The van der Waals surface area contributed by atoms with E-state index >= 15 is 0 Å². The Morgan fingerprint density at radius 1 is 1.00 bits per heavy atom. The fraction of sp³-hybridized carbons (Fsp3) is 0.300. The molecule has 24 heavy (non-hydrogen) atoms. The molecule has 0 spiro atoms. The van der Waals surface area contributed by atoms with Gasteiger partial charge in [-0.3, -0.25) is 4.90 Å². The molecule has 0 radical (unpaired) electrons. The lowest BCUT2D eigenvalue weighted by Gasteiger charge is -2.17. The molecule has 2 aromatic carbocycles. The van der Waals surface area contributed by atoms with Gasteiger partial charge in [0.05, 0.1) is 5.52 Å². The molecule has 4 heteroatoms. The van der Waals surface area contributed by atoms with Crippen molar-refractivity contribution in [1.82, 2.24) is 14.9 Å². The zero-order valence-electron chi connectivity index (χ0n) is 13.7. The number of rotatable bonds is 5. The van der Waals surface area contributed by atoms with Gasteiger partial charge >= 0.3 is 0 Å². The van der Waals surface area contributed by atoms with Crippen LogP contribution >= 0.6 is 0 Å².